The molecule has 0 heterocycles. The van der Waals surface area contributed by atoms with Gasteiger partial charge in [0.05, 0.1) is 5.56 Å². The van der Waals surface area contributed by atoms with Gasteiger partial charge in [0, 0.05) is 0 Å². The lowest BCUT2D eigenvalue weighted by Gasteiger charge is -2.21. The number of carboxylic acid groups (broad SMARTS) is 1. The van der Waals surface area contributed by atoms with Gasteiger partial charge in [-0.15, -0.1) is 0 Å². The number of carbonyl (C=O) groups excluding carboxylic acids is 1. The van der Waals surface area contributed by atoms with Gasteiger partial charge in [0.25, 0.3) is 5.91 Å². The summed E-state index contributed by atoms with van der Waals surface area (Å²) in [6.07, 6.45) is 0. The summed E-state index contributed by atoms with van der Waals surface area (Å²) in [5, 5.41) is 10.9. The fraction of sp³-hybridized carbons (Fsp3) is 0.333. The minimum atomic E-state index is -3.12. The first-order chi connectivity index (χ1) is 9.13. The van der Waals surface area contributed by atoms with Crippen molar-refractivity contribution in [3.63, 3.8) is 0 Å². The highest BCUT2D eigenvalue weighted by Crippen LogP contribution is 2.19. The van der Waals surface area contributed by atoms with E-state index in [4.69, 9.17) is 5.11 Å². The van der Waals surface area contributed by atoms with Crippen LogP contribution < -0.4 is 10.1 Å². The lowest BCUT2D eigenvalue weighted by atomic mass is 10.0. The maximum Gasteiger partial charge on any atom is 0.387 e. The Kier molecular flexibility index (Phi) is 4.59. The van der Waals surface area contributed by atoms with Gasteiger partial charge in [-0.3, -0.25) is 4.79 Å². The van der Waals surface area contributed by atoms with E-state index in [-0.39, 0.29) is 0 Å². The zero-order valence-corrected chi connectivity index (χ0v) is 10.6. The molecule has 0 aliphatic carbocycles. The van der Waals surface area contributed by atoms with E-state index >= 15 is 0 Å². The van der Waals surface area contributed by atoms with Gasteiger partial charge >= 0.3 is 12.6 Å². The second kappa shape index (κ2) is 5.81. The number of aliphatic carboxylic acids is 1. The third-order valence-electron chi connectivity index (χ3n) is 2.37. The average molecular weight is 291 g/mol. The molecule has 0 spiro atoms. The van der Waals surface area contributed by atoms with Crippen molar-refractivity contribution < 1.29 is 32.6 Å². The van der Waals surface area contributed by atoms with E-state index in [0.717, 1.165) is 18.2 Å². The topological polar surface area (TPSA) is 75.6 Å². The fourth-order valence-corrected chi connectivity index (χ4v) is 1.26. The van der Waals surface area contributed by atoms with Crippen LogP contribution in [-0.4, -0.2) is 29.1 Å². The van der Waals surface area contributed by atoms with Gasteiger partial charge in [-0.2, -0.15) is 8.78 Å². The molecule has 0 radical (unpaired) electrons. The first-order valence-corrected chi connectivity index (χ1v) is 5.44. The van der Waals surface area contributed by atoms with Crippen LogP contribution in [0.2, 0.25) is 0 Å². The van der Waals surface area contributed by atoms with E-state index in [9.17, 15) is 22.8 Å². The van der Waals surface area contributed by atoms with Crippen LogP contribution in [-0.2, 0) is 4.79 Å². The van der Waals surface area contributed by atoms with E-state index in [0.29, 0.717) is 0 Å². The molecule has 5 nitrogen and oxygen atoms in total. The second-order valence-electron chi connectivity index (χ2n) is 4.40. The largest absolute Gasteiger partial charge is 0.480 e. The molecule has 0 atom stereocenters. The van der Waals surface area contributed by atoms with Crippen molar-refractivity contribution in [1.29, 1.82) is 0 Å². The molecule has 8 heteroatoms. The molecular weight excluding hydrogens is 279 g/mol. The number of ether oxygens (including phenoxy) is 1. The van der Waals surface area contributed by atoms with Gasteiger partial charge in [-0.05, 0) is 32.0 Å². The lowest BCUT2D eigenvalue weighted by molar-refractivity contribution is -0.143. The zero-order valence-electron chi connectivity index (χ0n) is 10.6. The average Bonchev–Trinajstić information content (AvgIpc) is 2.30. The molecular formula is C12H12F3NO4. The van der Waals surface area contributed by atoms with Crippen LogP contribution in [0.15, 0.2) is 18.2 Å². The van der Waals surface area contributed by atoms with E-state index in [1.807, 2.05) is 0 Å². The van der Waals surface area contributed by atoms with Gasteiger partial charge in [0.2, 0.25) is 0 Å². The molecule has 0 unspecified atom stereocenters. The number of nitrogens with one attached hydrogen (secondary N) is 1. The van der Waals surface area contributed by atoms with Crippen LogP contribution >= 0.6 is 0 Å². The lowest BCUT2D eigenvalue weighted by Crippen LogP contribution is -2.49. The van der Waals surface area contributed by atoms with Crippen molar-refractivity contribution >= 4 is 11.9 Å². The second-order valence-corrected chi connectivity index (χ2v) is 4.40. The Morgan fingerprint density at radius 3 is 2.45 bits per heavy atom. The molecule has 0 saturated carbocycles. The summed E-state index contributed by atoms with van der Waals surface area (Å²) in [7, 11) is 0. The molecule has 1 amide bonds. The molecule has 0 aliphatic rings. The predicted octanol–water partition coefficient (Wildman–Crippen LogP) is 2.02. The summed E-state index contributed by atoms with van der Waals surface area (Å²) in [5.41, 5.74) is -2.22. The number of alkyl halides is 2. The van der Waals surface area contributed by atoms with Crippen molar-refractivity contribution in [3.05, 3.63) is 29.6 Å². The monoisotopic (exact) mass is 291 g/mol. The Labute approximate surface area is 112 Å². The molecule has 0 aliphatic heterocycles. The summed E-state index contributed by atoms with van der Waals surface area (Å²) < 4.78 is 41.6. The highest BCUT2D eigenvalue weighted by Gasteiger charge is 2.30. The van der Waals surface area contributed by atoms with Gasteiger partial charge in [-0.1, -0.05) is 0 Å². The molecule has 1 aromatic rings. The molecule has 0 aromatic heterocycles. The van der Waals surface area contributed by atoms with Crippen LogP contribution in [0.1, 0.15) is 24.2 Å². The zero-order chi connectivity index (χ0) is 15.5. The van der Waals surface area contributed by atoms with Crippen molar-refractivity contribution in [1.82, 2.24) is 5.32 Å². The summed E-state index contributed by atoms with van der Waals surface area (Å²) in [6, 6.07) is 2.48. The van der Waals surface area contributed by atoms with Crippen molar-refractivity contribution in [2.75, 3.05) is 0 Å². The Hall–Kier alpha value is -2.25. The van der Waals surface area contributed by atoms with Gasteiger partial charge in [0.1, 0.15) is 17.1 Å². The molecule has 0 saturated heterocycles. The summed E-state index contributed by atoms with van der Waals surface area (Å²) >= 11 is 0. The molecule has 20 heavy (non-hydrogen) atoms. The minimum absolute atomic E-state index is 0.403. The molecule has 1 rings (SSSR count). The standard InChI is InChI=1S/C12H12F3NO4/c1-12(2,10(18)19)16-9(17)7-5-6(20-11(14)15)3-4-8(7)13/h3-5,11H,1-2H3,(H,16,17)(H,18,19). The van der Waals surface area contributed by atoms with Gasteiger partial charge in [0.15, 0.2) is 0 Å². The molecule has 1 aromatic carbocycles. The third kappa shape index (κ3) is 3.87. The van der Waals surface area contributed by atoms with Crippen LogP contribution in [0.3, 0.4) is 0 Å². The number of benzene rings is 1. The van der Waals surface area contributed by atoms with Crippen LogP contribution in [0.5, 0.6) is 5.75 Å². The number of rotatable bonds is 5. The molecule has 0 bridgehead atoms. The van der Waals surface area contributed by atoms with Crippen molar-refractivity contribution in [3.8, 4) is 5.75 Å². The van der Waals surface area contributed by atoms with Crippen LogP contribution in [0.4, 0.5) is 13.2 Å². The third-order valence-corrected chi connectivity index (χ3v) is 2.37. The summed E-state index contributed by atoms with van der Waals surface area (Å²) in [4.78, 5) is 22.6. The van der Waals surface area contributed by atoms with E-state index in [1.165, 1.54) is 13.8 Å². The Bertz CT molecular complexity index is 531. The quantitative estimate of drug-likeness (QED) is 0.870. The molecule has 2 N–H and O–H groups in total. The van der Waals surface area contributed by atoms with Crippen LogP contribution in [0.25, 0.3) is 0 Å². The van der Waals surface area contributed by atoms with Gasteiger partial charge < -0.3 is 15.2 Å². The normalized spacial score (nSPS) is 11.3. The number of carboxylic acids is 1. The Balaban J connectivity index is 3.00. The Morgan fingerprint density at radius 1 is 1.35 bits per heavy atom. The Morgan fingerprint density at radius 2 is 1.95 bits per heavy atom. The molecule has 0 fully saturated rings. The highest BCUT2D eigenvalue weighted by molar-refractivity contribution is 5.98. The molecule has 110 valence electrons. The smallest absolute Gasteiger partial charge is 0.387 e. The minimum Gasteiger partial charge on any atom is -0.480 e. The van der Waals surface area contributed by atoms with Crippen LogP contribution in [0, 0.1) is 5.82 Å². The maximum atomic E-state index is 13.5. The first kappa shape index (κ1) is 15.8. The SMILES string of the molecule is CC(C)(NC(=O)c1cc(OC(F)F)ccc1F)C(=O)O. The van der Waals surface area contributed by atoms with E-state index in [1.54, 1.807) is 0 Å². The number of halogens is 3. The van der Waals surface area contributed by atoms with Crippen molar-refractivity contribution in [2.45, 2.75) is 26.0 Å². The summed E-state index contributed by atoms with van der Waals surface area (Å²) in [5.74, 6) is -3.76. The van der Waals surface area contributed by atoms with Crippen molar-refractivity contribution in [2.24, 2.45) is 0 Å². The summed E-state index contributed by atoms with van der Waals surface area (Å²) in [6.45, 7) is -0.721. The number of hydrogen-bond donors (Lipinski definition) is 2. The maximum absolute atomic E-state index is 13.5. The number of hydrogen-bond acceptors (Lipinski definition) is 3. The van der Waals surface area contributed by atoms with E-state index in [2.05, 4.69) is 10.1 Å². The van der Waals surface area contributed by atoms with Gasteiger partial charge in [-0.25, -0.2) is 9.18 Å². The first-order valence-electron chi connectivity index (χ1n) is 5.44. The number of amides is 1. The fourth-order valence-electron chi connectivity index (χ4n) is 1.26. The predicted molar refractivity (Wildman–Crippen MR) is 62.2 cm³/mol. The highest BCUT2D eigenvalue weighted by atomic mass is 19.3. The van der Waals surface area contributed by atoms with E-state index < -0.39 is 41.2 Å². The number of carbonyl (C=O) groups is 2.